The molecule has 0 aromatic carbocycles. The van der Waals surface area contributed by atoms with Crippen molar-refractivity contribution < 1.29 is 5.11 Å². The molecule has 70 valence electrons. The lowest BCUT2D eigenvalue weighted by atomic mass is 10.1. The van der Waals surface area contributed by atoms with E-state index in [0.717, 1.165) is 12.8 Å². The quantitative estimate of drug-likeness (QED) is 0.457. The number of aliphatic hydroxyl groups excluding tert-OH is 1. The maximum atomic E-state index is 9.25. The van der Waals surface area contributed by atoms with Crippen LogP contribution in [-0.2, 0) is 0 Å². The second-order valence-electron chi connectivity index (χ2n) is 3.14. The molecule has 0 saturated heterocycles. The molecular formula is C11H20O. The first-order valence-electron chi connectivity index (χ1n) is 4.85. The number of hydrogen-bond donors (Lipinski definition) is 1. The normalized spacial score (nSPS) is 12.2. The maximum absolute atomic E-state index is 9.25. The zero-order valence-corrected chi connectivity index (χ0v) is 8.05. The van der Waals surface area contributed by atoms with Gasteiger partial charge in [-0.25, -0.2) is 0 Å². The summed E-state index contributed by atoms with van der Waals surface area (Å²) in [6.45, 7) is 5.62. The van der Waals surface area contributed by atoms with Gasteiger partial charge in [-0.3, -0.25) is 0 Å². The molecular weight excluding hydrogens is 148 g/mol. The van der Waals surface area contributed by atoms with E-state index in [2.05, 4.69) is 19.2 Å². The topological polar surface area (TPSA) is 20.2 Å². The fourth-order valence-electron chi connectivity index (χ4n) is 1.18. The minimum atomic E-state index is -0.330. The van der Waals surface area contributed by atoms with Gasteiger partial charge in [0.2, 0.25) is 0 Å². The van der Waals surface area contributed by atoms with Crippen LogP contribution in [0.15, 0.2) is 18.4 Å². The largest absolute Gasteiger partial charge is 0.388 e. The average Bonchev–Trinajstić information content (AvgIpc) is 2.05. The molecule has 1 heteroatoms. The van der Waals surface area contributed by atoms with Crippen molar-refractivity contribution in [2.75, 3.05) is 0 Å². The van der Waals surface area contributed by atoms with Crippen molar-refractivity contribution in [1.29, 1.82) is 0 Å². The van der Waals surface area contributed by atoms with E-state index in [1.165, 1.54) is 25.7 Å². The van der Waals surface area contributed by atoms with Crippen LogP contribution in [0.25, 0.3) is 0 Å². The third-order valence-electron chi connectivity index (χ3n) is 1.91. The molecule has 0 spiro atoms. The van der Waals surface area contributed by atoms with Crippen LogP contribution in [0.5, 0.6) is 0 Å². The molecule has 1 atom stereocenters. The molecule has 0 aliphatic rings. The van der Waals surface area contributed by atoms with Crippen molar-refractivity contribution in [3.05, 3.63) is 18.4 Å². The first-order valence-corrected chi connectivity index (χ1v) is 4.85. The van der Waals surface area contributed by atoms with E-state index in [4.69, 9.17) is 0 Å². The monoisotopic (exact) mass is 168 g/mol. The third kappa shape index (κ3) is 7.59. The van der Waals surface area contributed by atoms with Crippen LogP contribution in [-0.4, -0.2) is 11.2 Å². The fourth-order valence-corrected chi connectivity index (χ4v) is 1.18. The van der Waals surface area contributed by atoms with Crippen LogP contribution in [0, 0.1) is 0 Å². The van der Waals surface area contributed by atoms with E-state index < -0.39 is 0 Å². The Morgan fingerprint density at radius 3 is 2.58 bits per heavy atom. The Kier molecular flexibility index (Phi) is 8.20. The van der Waals surface area contributed by atoms with Gasteiger partial charge in [-0.15, -0.1) is 5.73 Å². The molecule has 0 bridgehead atoms. The van der Waals surface area contributed by atoms with Crippen molar-refractivity contribution in [3.63, 3.8) is 0 Å². The van der Waals surface area contributed by atoms with Crippen LogP contribution in [0.2, 0.25) is 0 Å². The van der Waals surface area contributed by atoms with Gasteiger partial charge in [-0.1, -0.05) is 45.6 Å². The highest BCUT2D eigenvalue weighted by atomic mass is 16.3. The van der Waals surface area contributed by atoms with Gasteiger partial charge in [0.25, 0.3) is 0 Å². The Morgan fingerprint density at radius 2 is 2.00 bits per heavy atom. The molecule has 0 saturated carbocycles. The molecule has 0 aliphatic heterocycles. The Balaban J connectivity index is 3.13. The Hall–Kier alpha value is -0.520. The summed E-state index contributed by atoms with van der Waals surface area (Å²) in [5.41, 5.74) is 2.59. The van der Waals surface area contributed by atoms with Gasteiger partial charge in [-0.2, -0.15) is 0 Å². The summed E-state index contributed by atoms with van der Waals surface area (Å²) in [4.78, 5) is 0. The van der Waals surface area contributed by atoms with E-state index in [-0.39, 0.29) is 6.10 Å². The van der Waals surface area contributed by atoms with Gasteiger partial charge in [0.05, 0.1) is 6.10 Å². The highest BCUT2D eigenvalue weighted by Crippen LogP contribution is 2.07. The summed E-state index contributed by atoms with van der Waals surface area (Å²) in [6.07, 6.45) is 8.37. The zero-order valence-electron chi connectivity index (χ0n) is 8.05. The second kappa shape index (κ2) is 8.58. The van der Waals surface area contributed by atoms with E-state index in [1.54, 1.807) is 6.08 Å². The Bertz CT molecular complexity index is 134. The molecule has 0 unspecified atom stereocenters. The number of aliphatic hydroxyl groups is 1. The first-order chi connectivity index (χ1) is 5.81. The lowest BCUT2D eigenvalue weighted by Gasteiger charge is -2.03. The lowest BCUT2D eigenvalue weighted by Crippen LogP contribution is -2.00. The fraction of sp³-hybridized carbons (Fsp3) is 0.727. The summed E-state index contributed by atoms with van der Waals surface area (Å²) in [5, 5.41) is 9.25. The van der Waals surface area contributed by atoms with Crippen molar-refractivity contribution in [2.45, 2.75) is 51.6 Å². The predicted molar refractivity (Wildman–Crippen MR) is 53.1 cm³/mol. The minimum Gasteiger partial charge on any atom is -0.388 e. The molecule has 0 fully saturated rings. The third-order valence-corrected chi connectivity index (χ3v) is 1.91. The van der Waals surface area contributed by atoms with Crippen LogP contribution in [0.3, 0.4) is 0 Å². The molecule has 0 aromatic rings. The number of rotatable bonds is 7. The molecule has 1 nitrogen and oxygen atoms in total. The van der Waals surface area contributed by atoms with Gasteiger partial charge in [-0.05, 0) is 12.5 Å². The molecule has 0 rings (SSSR count). The van der Waals surface area contributed by atoms with Crippen molar-refractivity contribution >= 4 is 0 Å². The van der Waals surface area contributed by atoms with Gasteiger partial charge < -0.3 is 5.11 Å². The summed E-state index contributed by atoms with van der Waals surface area (Å²) in [5.74, 6) is 0. The molecule has 1 N–H and O–H groups in total. The predicted octanol–water partition coefficient (Wildman–Crippen LogP) is 3.05. The van der Waals surface area contributed by atoms with Crippen LogP contribution >= 0.6 is 0 Å². The van der Waals surface area contributed by atoms with Gasteiger partial charge >= 0.3 is 0 Å². The highest BCUT2D eigenvalue weighted by Gasteiger charge is 1.97. The summed E-state index contributed by atoms with van der Waals surface area (Å²) >= 11 is 0. The summed E-state index contributed by atoms with van der Waals surface area (Å²) in [7, 11) is 0. The van der Waals surface area contributed by atoms with Crippen molar-refractivity contribution in [1.82, 2.24) is 0 Å². The molecule has 0 amide bonds. The van der Waals surface area contributed by atoms with Gasteiger partial charge in [0, 0.05) is 0 Å². The zero-order chi connectivity index (χ0) is 9.23. The molecule has 12 heavy (non-hydrogen) atoms. The molecule has 0 aliphatic carbocycles. The number of unbranched alkanes of at least 4 members (excludes halogenated alkanes) is 4. The van der Waals surface area contributed by atoms with Crippen molar-refractivity contribution in [2.24, 2.45) is 0 Å². The standard InChI is InChI=1S/C11H20O/c1-3-5-6-7-8-10-11(12)9-4-2/h9,11-12H,2-3,5-8,10H2,1H3/t11-/m0/s1. The highest BCUT2D eigenvalue weighted by molar-refractivity contribution is 4.83. The van der Waals surface area contributed by atoms with Crippen molar-refractivity contribution in [3.8, 4) is 0 Å². The van der Waals surface area contributed by atoms with Crippen LogP contribution < -0.4 is 0 Å². The van der Waals surface area contributed by atoms with Crippen LogP contribution in [0.4, 0.5) is 0 Å². The summed E-state index contributed by atoms with van der Waals surface area (Å²) in [6, 6.07) is 0. The number of hydrogen-bond acceptors (Lipinski definition) is 1. The SMILES string of the molecule is C=C=C[C@H](O)CCCCCCC. The second-order valence-corrected chi connectivity index (χ2v) is 3.14. The summed E-state index contributed by atoms with van der Waals surface area (Å²) < 4.78 is 0. The smallest absolute Gasteiger partial charge is 0.0794 e. The molecule has 0 aromatic heterocycles. The van der Waals surface area contributed by atoms with Gasteiger partial charge in [0.1, 0.15) is 0 Å². The van der Waals surface area contributed by atoms with E-state index >= 15 is 0 Å². The van der Waals surface area contributed by atoms with Crippen LogP contribution in [0.1, 0.15) is 45.4 Å². The van der Waals surface area contributed by atoms with E-state index in [9.17, 15) is 5.11 Å². The Morgan fingerprint density at radius 1 is 1.33 bits per heavy atom. The maximum Gasteiger partial charge on any atom is 0.0794 e. The average molecular weight is 168 g/mol. The molecule has 0 radical (unpaired) electrons. The minimum absolute atomic E-state index is 0.330. The Labute approximate surface area is 75.8 Å². The first kappa shape index (κ1) is 11.5. The lowest BCUT2D eigenvalue weighted by molar-refractivity contribution is 0.208. The van der Waals surface area contributed by atoms with Gasteiger partial charge in [0.15, 0.2) is 0 Å². The van der Waals surface area contributed by atoms with E-state index in [0.29, 0.717) is 0 Å². The van der Waals surface area contributed by atoms with E-state index in [1.807, 2.05) is 0 Å². The molecule has 0 heterocycles.